The highest BCUT2D eigenvalue weighted by atomic mass is 35.5. The summed E-state index contributed by atoms with van der Waals surface area (Å²) in [4.78, 5) is 12.4. The quantitative estimate of drug-likeness (QED) is 0.708. The number of benzene rings is 2. The van der Waals surface area contributed by atoms with E-state index < -0.39 is 10.0 Å². The first-order chi connectivity index (χ1) is 13.9. The molecule has 29 heavy (non-hydrogen) atoms. The van der Waals surface area contributed by atoms with Gasteiger partial charge in [0.1, 0.15) is 0 Å². The average Bonchev–Trinajstić information content (AvgIpc) is 2.73. The van der Waals surface area contributed by atoms with Crippen LogP contribution < -0.4 is 5.32 Å². The molecule has 0 saturated carbocycles. The van der Waals surface area contributed by atoms with Crippen molar-refractivity contribution >= 4 is 33.6 Å². The van der Waals surface area contributed by atoms with Crippen LogP contribution in [0, 0.1) is 0 Å². The summed E-state index contributed by atoms with van der Waals surface area (Å²) in [5.41, 5.74) is 1.69. The smallest absolute Gasteiger partial charge is 0.244 e. The van der Waals surface area contributed by atoms with Crippen molar-refractivity contribution in [2.45, 2.75) is 17.9 Å². The predicted octanol–water partition coefficient (Wildman–Crippen LogP) is 3.25. The van der Waals surface area contributed by atoms with Gasteiger partial charge in [-0.1, -0.05) is 35.9 Å². The zero-order valence-corrected chi connectivity index (χ0v) is 17.6. The fourth-order valence-corrected chi connectivity index (χ4v) is 4.49. The normalized spacial score (nSPS) is 16.6. The van der Waals surface area contributed by atoms with E-state index in [1.54, 1.807) is 42.5 Å². The topological polar surface area (TPSA) is 75.7 Å². The van der Waals surface area contributed by atoms with Crippen molar-refractivity contribution in [1.82, 2.24) is 9.62 Å². The number of hydrogen-bond donors (Lipinski definition) is 1. The number of carbonyl (C=O) groups is 1. The lowest BCUT2D eigenvalue weighted by molar-refractivity contribution is -0.117. The van der Waals surface area contributed by atoms with Crippen LogP contribution in [0.2, 0.25) is 5.02 Å². The van der Waals surface area contributed by atoms with Crippen molar-refractivity contribution in [3.63, 3.8) is 0 Å². The van der Waals surface area contributed by atoms with Crippen molar-refractivity contribution in [3.8, 4) is 0 Å². The summed E-state index contributed by atoms with van der Waals surface area (Å²) < 4.78 is 31.9. The molecule has 1 heterocycles. The molecule has 1 atom stereocenters. The SMILES string of the molecule is CC(NC(=O)/C=C/c1ccc(S(=O)(=O)N2CCOCC2)cc1)c1ccc(Cl)cc1. The molecule has 0 bridgehead atoms. The second-order valence-corrected chi connectivity index (χ2v) is 9.08. The molecule has 154 valence electrons. The predicted molar refractivity (Wildman–Crippen MR) is 113 cm³/mol. The second kappa shape index (κ2) is 9.54. The van der Waals surface area contributed by atoms with Crippen molar-refractivity contribution in [2.75, 3.05) is 26.3 Å². The van der Waals surface area contributed by atoms with Gasteiger partial charge >= 0.3 is 0 Å². The largest absolute Gasteiger partial charge is 0.379 e. The van der Waals surface area contributed by atoms with E-state index >= 15 is 0 Å². The molecule has 0 spiro atoms. The van der Waals surface area contributed by atoms with E-state index in [0.717, 1.165) is 11.1 Å². The lowest BCUT2D eigenvalue weighted by Crippen LogP contribution is -2.40. The average molecular weight is 435 g/mol. The maximum atomic E-state index is 12.6. The van der Waals surface area contributed by atoms with E-state index in [2.05, 4.69) is 5.32 Å². The van der Waals surface area contributed by atoms with Crippen LogP contribution >= 0.6 is 11.6 Å². The van der Waals surface area contributed by atoms with Gasteiger partial charge in [-0.25, -0.2) is 8.42 Å². The summed E-state index contributed by atoms with van der Waals surface area (Å²) in [6.07, 6.45) is 3.08. The van der Waals surface area contributed by atoms with Crippen molar-refractivity contribution in [1.29, 1.82) is 0 Å². The number of halogens is 1. The monoisotopic (exact) mass is 434 g/mol. The van der Waals surface area contributed by atoms with Crippen molar-refractivity contribution < 1.29 is 17.9 Å². The Labute approximate surface area is 176 Å². The Kier molecular flexibility index (Phi) is 7.08. The molecular formula is C21H23ClN2O4S. The minimum absolute atomic E-state index is 0.162. The lowest BCUT2D eigenvalue weighted by Gasteiger charge is -2.26. The Morgan fingerprint density at radius 2 is 1.72 bits per heavy atom. The van der Waals surface area contributed by atoms with Gasteiger partial charge in [0.15, 0.2) is 0 Å². The molecule has 3 rings (SSSR count). The van der Waals surface area contributed by atoms with Gasteiger partial charge in [-0.05, 0) is 48.4 Å². The molecular weight excluding hydrogens is 412 g/mol. The van der Waals surface area contributed by atoms with Gasteiger partial charge in [0.05, 0.1) is 24.2 Å². The Morgan fingerprint density at radius 3 is 2.34 bits per heavy atom. The third-order valence-corrected chi connectivity index (χ3v) is 6.81. The van der Waals surface area contributed by atoms with Gasteiger partial charge in [0, 0.05) is 24.2 Å². The summed E-state index contributed by atoms with van der Waals surface area (Å²) in [5, 5.41) is 3.53. The van der Waals surface area contributed by atoms with Gasteiger partial charge in [-0.2, -0.15) is 4.31 Å². The van der Waals surface area contributed by atoms with Crippen LogP contribution in [0.4, 0.5) is 0 Å². The third kappa shape index (κ3) is 5.67. The van der Waals surface area contributed by atoms with Crippen LogP contribution in [0.25, 0.3) is 6.08 Å². The Hall–Kier alpha value is -2.19. The molecule has 1 fully saturated rings. The minimum atomic E-state index is -3.52. The van der Waals surface area contributed by atoms with Gasteiger partial charge < -0.3 is 10.1 Å². The molecule has 2 aromatic carbocycles. The zero-order chi connectivity index (χ0) is 20.9. The maximum absolute atomic E-state index is 12.6. The summed E-state index contributed by atoms with van der Waals surface area (Å²) in [6.45, 7) is 3.42. The summed E-state index contributed by atoms with van der Waals surface area (Å²) >= 11 is 5.88. The summed E-state index contributed by atoms with van der Waals surface area (Å²) in [5.74, 6) is -0.238. The number of nitrogens with one attached hydrogen (secondary N) is 1. The molecule has 1 aliphatic rings. The summed E-state index contributed by atoms with van der Waals surface area (Å²) in [6, 6.07) is 13.6. The molecule has 0 aliphatic carbocycles. The van der Waals surface area contributed by atoms with Crippen LogP contribution in [-0.2, 0) is 19.6 Å². The minimum Gasteiger partial charge on any atom is -0.379 e. The highest BCUT2D eigenvalue weighted by molar-refractivity contribution is 7.89. The van der Waals surface area contributed by atoms with Gasteiger partial charge in [-0.3, -0.25) is 4.79 Å². The molecule has 1 aliphatic heterocycles. The maximum Gasteiger partial charge on any atom is 0.244 e. The molecule has 8 heteroatoms. The van der Waals surface area contributed by atoms with Crippen LogP contribution in [0.3, 0.4) is 0 Å². The van der Waals surface area contributed by atoms with Crippen LogP contribution in [0.15, 0.2) is 59.5 Å². The van der Waals surface area contributed by atoms with Crippen LogP contribution in [0.5, 0.6) is 0 Å². The van der Waals surface area contributed by atoms with Gasteiger partial charge in [-0.15, -0.1) is 0 Å². The van der Waals surface area contributed by atoms with Crippen LogP contribution in [-0.4, -0.2) is 44.9 Å². The van der Waals surface area contributed by atoms with E-state index in [-0.39, 0.29) is 16.8 Å². The zero-order valence-electron chi connectivity index (χ0n) is 16.0. The molecule has 0 radical (unpaired) electrons. The fraction of sp³-hybridized carbons (Fsp3) is 0.286. The highest BCUT2D eigenvalue weighted by Crippen LogP contribution is 2.19. The number of rotatable bonds is 6. The number of ether oxygens (including phenoxy) is 1. The van der Waals surface area contributed by atoms with E-state index in [9.17, 15) is 13.2 Å². The van der Waals surface area contributed by atoms with Crippen LogP contribution in [0.1, 0.15) is 24.1 Å². The van der Waals surface area contributed by atoms with Crippen molar-refractivity contribution in [3.05, 3.63) is 70.8 Å². The summed E-state index contributed by atoms with van der Waals surface area (Å²) in [7, 11) is -3.52. The van der Waals surface area contributed by atoms with E-state index in [0.29, 0.717) is 31.3 Å². The number of carbonyl (C=O) groups excluding carboxylic acids is 1. The molecule has 1 unspecified atom stereocenters. The van der Waals surface area contributed by atoms with Gasteiger partial charge in [0.25, 0.3) is 0 Å². The standard InChI is InChI=1S/C21H23ClN2O4S/c1-16(18-5-7-19(22)8-6-18)23-21(25)11-4-17-2-9-20(10-3-17)29(26,27)24-12-14-28-15-13-24/h2-11,16H,12-15H2,1H3,(H,23,25)/b11-4+. The lowest BCUT2D eigenvalue weighted by atomic mass is 10.1. The Bertz CT molecular complexity index is 967. The molecule has 6 nitrogen and oxygen atoms in total. The molecule has 2 aromatic rings. The fourth-order valence-electron chi connectivity index (χ4n) is 2.96. The first kappa shape index (κ1) is 21.5. The second-order valence-electron chi connectivity index (χ2n) is 6.70. The van der Waals surface area contributed by atoms with E-state index in [1.165, 1.54) is 10.4 Å². The number of morpholine rings is 1. The van der Waals surface area contributed by atoms with E-state index in [4.69, 9.17) is 16.3 Å². The van der Waals surface area contributed by atoms with Crippen molar-refractivity contribution in [2.24, 2.45) is 0 Å². The number of hydrogen-bond acceptors (Lipinski definition) is 4. The molecule has 0 aromatic heterocycles. The Balaban J connectivity index is 1.60. The first-order valence-corrected chi connectivity index (χ1v) is 11.1. The number of amides is 1. The molecule has 1 N–H and O–H groups in total. The van der Waals surface area contributed by atoms with E-state index in [1.807, 2.05) is 19.1 Å². The Morgan fingerprint density at radius 1 is 1.10 bits per heavy atom. The third-order valence-electron chi connectivity index (χ3n) is 4.64. The number of sulfonamides is 1. The van der Waals surface area contributed by atoms with Gasteiger partial charge in [0.2, 0.25) is 15.9 Å². The number of nitrogens with zero attached hydrogens (tertiary/aromatic N) is 1. The first-order valence-electron chi connectivity index (χ1n) is 9.28. The molecule has 1 amide bonds. The molecule has 1 saturated heterocycles. The highest BCUT2D eigenvalue weighted by Gasteiger charge is 2.25.